The Balaban J connectivity index is 0.00000121. The monoisotopic (exact) mass is 652 g/mol. The number of benzene rings is 2. The van der Waals surface area contributed by atoms with Crippen molar-refractivity contribution in [3.8, 4) is 12.8 Å². The maximum Gasteiger partial charge on any atom is 0.0444 e. The van der Waals surface area contributed by atoms with Gasteiger partial charge in [-0.25, -0.2) is 0 Å². The molecule has 0 bridgehead atoms. The first kappa shape index (κ1) is 40.2. The molecule has 3 aliphatic rings. The van der Waals surface area contributed by atoms with Crippen LogP contribution in [-0.2, 0) is 18.3 Å². The number of rotatable bonds is 12. The second kappa shape index (κ2) is 20.4. The van der Waals surface area contributed by atoms with Gasteiger partial charge in [-0.3, -0.25) is 0 Å². The van der Waals surface area contributed by atoms with Gasteiger partial charge in [-0.1, -0.05) is 109 Å². The van der Waals surface area contributed by atoms with Crippen molar-refractivity contribution in [3.05, 3.63) is 105 Å². The van der Waals surface area contributed by atoms with E-state index in [4.69, 9.17) is 18.4 Å². The van der Waals surface area contributed by atoms with Gasteiger partial charge in [0.15, 0.2) is 0 Å². The zero-order valence-corrected chi connectivity index (χ0v) is 31.5. The number of aryl methyl sites for hydroxylation is 1. The van der Waals surface area contributed by atoms with Crippen LogP contribution in [0.15, 0.2) is 77.4 Å². The number of thiol groups is 1. The van der Waals surface area contributed by atoms with E-state index in [-0.39, 0.29) is 11.5 Å². The Labute approximate surface area is 295 Å². The number of hydrogen-bond acceptors (Lipinski definition) is 3. The summed E-state index contributed by atoms with van der Waals surface area (Å²) in [6.07, 6.45) is 28.0. The molecule has 256 valence electrons. The molecule has 2 atom stereocenters. The standard InChI is InChI=1S/C38H52N2S.C2H6.C2H4.C2H2/c1-5-7-8-11-21-38(4,37-27(3)17-18-28-24-32(41)19-20-33(28)37)26-31(34(39)13-6-2)23-29-15-12-22-40-35-16-10-9-14-30(35)25-36(29)40;3*1-2/h9-10,14,16-18,23-24,34,41H,5-8,11-13,15,19-22,25-26,39H2,1-4H3;1-2H3;1-2H2;1-2H/b31-23-;;;. The van der Waals surface area contributed by atoms with Gasteiger partial charge in [0.05, 0.1) is 0 Å². The zero-order chi connectivity index (χ0) is 35.0. The summed E-state index contributed by atoms with van der Waals surface area (Å²) in [5, 5.41) is 0. The van der Waals surface area contributed by atoms with Crippen molar-refractivity contribution in [3.63, 3.8) is 0 Å². The minimum Gasteiger partial charge on any atom is -0.344 e. The zero-order valence-electron chi connectivity index (χ0n) is 30.6. The summed E-state index contributed by atoms with van der Waals surface area (Å²) in [5.41, 5.74) is 20.5. The van der Waals surface area contributed by atoms with Crippen LogP contribution in [0.1, 0.15) is 133 Å². The molecule has 2 aromatic rings. The highest BCUT2D eigenvalue weighted by atomic mass is 32.1. The number of allylic oxidation sites excluding steroid dienone is 4. The quantitative estimate of drug-likeness (QED) is 0.103. The van der Waals surface area contributed by atoms with Crippen LogP contribution < -0.4 is 10.6 Å². The largest absolute Gasteiger partial charge is 0.344 e. The van der Waals surface area contributed by atoms with Crippen molar-refractivity contribution in [2.24, 2.45) is 5.73 Å². The smallest absolute Gasteiger partial charge is 0.0444 e. The van der Waals surface area contributed by atoms with Gasteiger partial charge < -0.3 is 10.6 Å². The fourth-order valence-corrected chi connectivity index (χ4v) is 8.10. The minimum absolute atomic E-state index is 0.0561. The normalized spacial score (nSPS) is 16.8. The summed E-state index contributed by atoms with van der Waals surface area (Å²) < 4.78 is 0. The summed E-state index contributed by atoms with van der Waals surface area (Å²) >= 11 is 4.75. The maximum absolute atomic E-state index is 7.10. The molecule has 0 fully saturated rings. The van der Waals surface area contributed by atoms with Crippen molar-refractivity contribution in [1.29, 1.82) is 0 Å². The molecular weight excluding hydrogens is 589 g/mol. The Morgan fingerprint density at radius 2 is 1.74 bits per heavy atom. The highest BCUT2D eigenvalue weighted by molar-refractivity contribution is 7.84. The molecule has 2 heterocycles. The molecule has 0 radical (unpaired) electrons. The minimum atomic E-state index is 0.0561. The molecule has 0 saturated carbocycles. The van der Waals surface area contributed by atoms with Crippen LogP contribution in [0, 0.1) is 19.8 Å². The van der Waals surface area contributed by atoms with Gasteiger partial charge >= 0.3 is 0 Å². The molecule has 1 aliphatic carbocycles. The van der Waals surface area contributed by atoms with Crippen LogP contribution >= 0.6 is 12.6 Å². The van der Waals surface area contributed by atoms with E-state index in [0.29, 0.717) is 0 Å². The molecule has 3 heteroatoms. The SMILES string of the molecule is C#C.C=C.CC.CCCCCCC(C)(C/C(=C/C1=C2Cc3ccccc3N2CCC1)C(N)CCC)c1c(C)ccc2c1CCC(S)=C2. The van der Waals surface area contributed by atoms with Gasteiger partial charge in [0, 0.05) is 30.4 Å². The van der Waals surface area contributed by atoms with Crippen molar-refractivity contribution in [1.82, 2.24) is 0 Å². The Bertz CT molecular complexity index is 1390. The number of hydrogen-bond donors (Lipinski definition) is 2. The van der Waals surface area contributed by atoms with Gasteiger partial charge in [-0.15, -0.1) is 38.6 Å². The molecule has 2 nitrogen and oxygen atoms in total. The van der Waals surface area contributed by atoms with Crippen molar-refractivity contribution < 1.29 is 0 Å². The first-order valence-electron chi connectivity index (χ1n) is 18.2. The van der Waals surface area contributed by atoms with E-state index < -0.39 is 0 Å². The van der Waals surface area contributed by atoms with E-state index in [1.165, 1.54) is 82.7 Å². The first-order valence-corrected chi connectivity index (χ1v) is 18.7. The van der Waals surface area contributed by atoms with Gasteiger partial charge in [0.1, 0.15) is 0 Å². The fourth-order valence-electron chi connectivity index (χ4n) is 7.85. The molecule has 2 aliphatic heterocycles. The molecule has 47 heavy (non-hydrogen) atoms. The average Bonchev–Trinajstić information content (AvgIpc) is 3.49. The summed E-state index contributed by atoms with van der Waals surface area (Å²) in [5.74, 6) is 0. The highest BCUT2D eigenvalue weighted by Gasteiger charge is 2.35. The van der Waals surface area contributed by atoms with E-state index in [2.05, 4.69) is 107 Å². The third kappa shape index (κ3) is 10.0. The third-order valence-corrected chi connectivity index (χ3v) is 10.2. The molecule has 2 N–H and O–H groups in total. The van der Waals surface area contributed by atoms with E-state index in [9.17, 15) is 0 Å². The second-order valence-corrected chi connectivity index (χ2v) is 13.7. The predicted octanol–water partition coefficient (Wildman–Crippen LogP) is 12.1. The van der Waals surface area contributed by atoms with Crippen LogP contribution in [0.4, 0.5) is 5.69 Å². The van der Waals surface area contributed by atoms with Crippen LogP contribution in [0.5, 0.6) is 0 Å². The Morgan fingerprint density at radius 1 is 1.02 bits per heavy atom. The molecule has 2 unspecified atom stereocenters. The van der Waals surface area contributed by atoms with Crippen molar-refractivity contribution in [2.45, 2.75) is 136 Å². The third-order valence-electron chi connectivity index (χ3n) is 9.89. The lowest BCUT2D eigenvalue weighted by Crippen LogP contribution is -2.32. The lowest BCUT2D eigenvalue weighted by atomic mass is 9.67. The molecule has 0 saturated heterocycles. The lowest BCUT2D eigenvalue weighted by Gasteiger charge is -2.38. The number of nitrogens with two attached hydrogens (primary N) is 1. The maximum atomic E-state index is 7.10. The van der Waals surface area contributed by atoms with E-state index in [1.807, 2.05) is 13.8 Å². The Morgan fingerprint density at radius 3 is 2.45 bits per heavy atom. The molecular formula is C44H64N2S. The highest BCUT2D eigenvalue weighted by Crippen LogP contribution is 2.45. The summed E-state index contributed by atoms with van der Waals surface area (Å²) in [4.78, 5) is 3.80. The topological polar surface area (TPSA) is 29.3 Å². The van der Waals surface area contributed by atoms with Crippen LogP contribution in [-0.4, -0.2) is 12.6 Å². The second-order valence-electron chi connectivity index (χ2n) is 13.2. The summed E-state index contributed by atoms with van der Waals surface area (Å²) in [7, 11) is 0. The summed E-state index contributed by atoms with van der Waals surface area (Å²) in [6, 6.07) is 13.8. The van der Waals surface area contributed by atoms with E-state index >= 15 is 0 Å². The van der Waals surface area contributed by atoms with Gasteiger partial charge in [-0.05, 0) is 108 Å². The van der Waals surface area contributed by atoms with Gasteiger partial charge in [0.2, 0.25) is 0 Å². The Kier molecular flexibility index (Phi) is 17.5. The average molecular weight is 653 g/mol. The molecule has 0 spiro atoms. The fraction of sp³-hybridized carbons (Fsp3) is 0.500. The number of para-hydroxylation sites is 1. The van der Waals surface area contributed by atoms with Gasteiger partial charge in [0.25, 0.3) is 0 Å². The van der Waals surface area contributed by atoms with E-state index in [1.54, 1.807) is 11.1 Å². The number of anilines is 1. The number of unbranched alkanes of at least 4 members (excludes halogenated alkanes) is 3. The Hall–Kier alpha value is -2.93. The van der Waals surface area contributed by atoms with E-state index in [0.717, 1.165) is 51.5 Å². The molecule has 0 amide bonds. The predicted molar refractivity (Wildman–Crippen MR) is 214 cm³/mol. The molecule has 5 rings (SSSR count). The molecule has 0 aromatic heterocycles. The number of nitrogens with zero attached hydrogens (tertiary/aromatic N) is 1. The number of terminal acetylenes is 1. The van der Waals surface area contributed by atoms with Crippen molar-refractivity contribution >= 4 is 24.4 Å². The van der Waals surface area contributed by atoms with Crippen LogP contribution in [0.25, 0.3) is 6.08 Å². The van der Waals surface area contributed by atoms with Gasteiger partial charge in [-0.2, -0.15) is 0 Å². The molecule has 2 aromatic carbocycles. The lowest BCUT2D eigenvalue weighted by molar-refractivity contribution is 0.389. The number of fused-ring (bicyclic) bond motifs is 4. The van der Waals surface area contributed by atoms with Crippen molar-refractivity contribution in [2.75, 3.05) is 11.4 Å². The first-order chi connectivity index (χ1) is 22.8. The van der Waals surface area contributed by atoms with Crippen LogP contribution in [0.2, 0.25) is 0 Å². The van der Waals surface area contributed by atoms with Crippen LogP contribution in [0.3, 0.4) is 0 Å². The summed E-state index contributed by atoms with van der Waals surface area (Å²) in [6.45, 7) is 20.6.